The standard InChI is InChI=1S/C13H21N3O4/c14-15-13(18)12-2-1-11(20-12)9-16-5-3-10(4-6-16)19-8-7-17/h1-2,10,17H,3-9,14H2,(H,15,18). The number of aliphatic hydroxyl groups excluding tert-OH is 1. The van der Waals surface area contributed by atoms with Crippen LogP contribution < -0.4 is 11.3 Å². The van der Waals surface area contributed by atoms with E-state index in [1.165, 1.54) is 0 Å². The van der Waals surface area contributed by atoms with Crippen LogP contribution in [-0.4, -0.2) is 48.3 Å². The number of rotatable bonds is 6. The van der Waals surface area contributed by atoms with Gasteiger partial charge in [-0.1, -0.05) is 0 Å². The molecule has 1 aliphatic heterocycles. The second kappa shape index (κ2) is 7.39. The molecule has 1 aromatic rings. The van der Waals surface area contributed by atoms with Gasteiger partial charge in [0.2, 0.25) is 0 Å². The predicted molar refractivity (Wildman–Crippen MR) is 71.7 cm³/mol. The van der Waals surface area contributed by atoms with Crippen LogP contribution in [0.4, 0.5) is 0 Å². The van der Waals surface area contributed by atoms with Crippen molar-refractivity contribution in [3.8, 4) is 0 Å². The average Bonchev–Trinajstić information content (AvgIpc) is 2.94. The van der Waals surface area contributed by atoms with E-state index in [-0.39, 0.29) is 18.5 Å². The van der Waals surface area contributed by atoms with Crippen molar-refractivity contribution in [3.63, 3.8) is 0 Å². The number of likely N-dealkylation sites (tertiary alicyclic amines) is 1. The van der Waals surface area contributed by atoms with E-state index in [2.05, 4.69) is 4.90 Å². The minimum atomic E-state index is -0.424. The van der Waals surface area contributed by atoms with Crippen molar-refractivity contribution in [1.29, 1.82) is 0 Å². The molecule has 2 heterocycles. The van der Waals surface area contributed by atoms with Gasteiger partial charge in [0.05, 0.1) is 25.9 Å². The topological polar surface area (TPSA) is 101 Å². The van der Waals surface area contributed by atoms with E-state index in [1.807, 2.05) is 5.43 Å². The summed E-state index contributed by atoms with van der Waals surface area (Å²) in [6, 6.07) is 3.41. The van der Waals surface area contributed by atoms with Gasteiger partial charge in [-0.15, -0.1) is 0 Å². The molecule has 4 N–H and O–H groups in total. The van der Waals surface area contributed by atoms with Gasteiger partial charge >= 0.3 is 5.91 Å². The number of hydrazine groups is 1. The number of ether oxygens (including phenoxy) is 1. The van der Waals surface area contributed by atoms with E-state index in [4.69, 9.17) is 20.1 Å². The zero-order chi connectivity index (χ0) is 14.4. The van der Waals surface area contributed by atoms with Gasteiger partial charge in [-0.2, -0.15) is 0 Å². The number of nitrogens with zero attached hydrogens (tertiary/aromatic N) is 1. The third-order valence-electron chi connectivity index (χ3n) is 3.38. The van der Waals surface area contributed by atoms with Gasteiger partial charge in [0.1, 0.15) is 5.76 Å². The fraction of sp³-hybridized carbons (Fsp3) is 0.615. The number of nitrogens with two attached hydrogens (primary N) is 1. The van der Waals surface area contributed by atoms with E-state index in [1.54, 1.807) is 12.1 Å². The summed E-state index contributed by atoms with van der Waals surface area (Å²) in [5.74, 6) is 5.60. The van der Waals surface area contributed by atoms with Crippen molar-refractivity contribution in [2.75, 3.05) is 26.3 Å². The monoisotopic (exact) mass is 283 g/mol. The first-order valence-corrected chi connectivity index (χ1v) is 6.77. The second-order valence-electron chi connectivity index (χ2n) is 4.81. The molecule has 0 aromatic carbocycles. The molecule has 0 unspecified atom stereocenters. The molecule has 0 spiro atoms. The van der Waals surface area contributed by atoms with Crippen molar-refractivity contribution < 1.29 is 19.1 Å². The highest BCUT2D eigenvalue weighted by Gasteiger charge is 2.20. The molecular weight excluding hydrogens is 262 g/mol. The molecule has 0 aliphatic carbocycles. The molecule has 0 bridgehead atoms. The van der Waals surface area contributed by atoms with Crippen molar-refractivity contribution in [1.82, 2.24) is 10.3 Å². The predicted octanol–water partition coefficient (Wildman–Crippen LogP) is -0.144. The Hall–Kier alpha value is -1.41. The lowest BCUT2D eigenvalue weighted by Gasteiger charge is -2.31. The lowest BCUT2D eigenvalue weighted by Crippen LogP contribution is -2.36. The van der Waals surface area contributed by atoms with Gasteiger partial charge in [0.15, 0.2) is 5.76 Å². The van der Waals surface area contributed by atoms with E-state index in [0.29, 0.717) is 13.2 Å². The van der Waals surface area contributed by atoms with Gasteiger partial charge in [0, 0.05) is 13.1 Å². The molecule has 112 valence electrons. The maximum atomic E-state index is 11.3. The Morgan fingerprint density at radius 3 is 2.90 bits per heavy atom. The Kier molecular flexibility index (Phi) is 5.54. The summed E-state index contributed by atoms with van der Waals surface area (Å²) in [5, 5.41) is 8.72. The van der Waals surface area contributed by atoms with E-state index in [0.717, 1.165) is 31.7 Å². The Morgan fingerprint density at radius 2 is 2.25 bits per heavy atom. The van der Waals surface area contributed by atoms with Crippen molar-refractivity contribution in [2.24, 2.45) is 5.84 Å². The van der Waals surface area contributed by atoms with Crippen molar-refractivity contribution >= 4 is 5.91 Å². The van der Waals surface area contributed by atoms with Crippen molar-refractivity contribution in [3.05, 3.63) is 23.7 Å². The molecular formula is C13H21N3O4. The van der Waals surface area contributed by atoms with Crippen LogP contribution in [0, 0.1) is 0 Å². The van der Waals surface area contributed by atoms with Crippen LogP contribution in [0.5, 0.6) is 0 Å². The van der Waals surface area contributed by atoms with Crippen LogP contribution in [-0.2, 0) is 11.3 Å². The molecule has 1 saturated heterocycles. The number of furan rings is 1. The summed E-state index contributed by atoms with van der Waals surface area (Å²) in [5.41, 5.74) is 2.04. The summed E-state index contributed by atoms with van der Waals surface area (Å²) in [6.45, 7) is 2.97. The quantitative estimate of drug-likeness (QED) is 0.381. The number of carbonyl (C=O) groups is 1. The Morgan fingerprint density at radius 1 is 1.50 bits per heavy atom. The SMILES string of the molecule is NNC(=O)c1ccc(CN2CCC(OCCO)CC2)o1. The lowest BCUT2D eigenvalue weighted by atomic mass is 10.1. The van der Waals surface area contributed by atoms with Gasteiger partial charge < -0.3 is 14.3 Å². The maximum absolute atomic E-state index is 11.3. The number of hydrogen-bond donors (Lipinski definition) is 3. The van der Waals surface area contributed by atoms with E-state index in [9.17, 15) is 4.79 Å². The fourth-order valence-electron chi connectivity index (χ4n) is 2.33. The van der Waals surface area contributed by atoms with Crippen LogP contribution in [0.1, 0.15) is 29.2 Å². The highest BCUT2D eigenvalue weighted by molar-refractivity contribution is 5.90. The van der Waals surface area contributed by atoms with Crippen LogP contribution >= 0.6 is 0 Å². The summed E-state index contributed by atoms with van der Waals surface area (Å²) in [7, 11) is 0. The molecule has 2 rings (SSSR count). The fourth-order valence-corrected chi connectivity index (χ4v) is 2.33. The van der Waals surface area contributed by atoms with Crippen molar-refractivity contribution in [2.45, 2.75) is 25.5 Å². The number of nitrogen functional groups attached to an aromatic ring is 1. The minimum absolute atomic E-state index is 0.0680. The van der Waals surface area contributed by atoms with Crippen LogP contribution in [0.3, 0.4) is 0 Å². The Labute approximate surface area is 117 Å². The normalized spacial score (nSPS) is 17.3. The van der Waals surface area contributed by atoms with Gasteiger partial charge in [0.25, 0.3) is 0 Å². The first kappa shape index (κ1) is 15.0. The molecule has 1 fully saturated rings. The number of nitrogens with one attached hydrogen (secondary N) is 1. The molecule has 1 aliphatic rings. The largest absolute Gasteiger partial charge is 0.455 e. The second-order valence-corrected chi connectivity index (χ2v) is 4.81. The zero-order valence-electron chi connectivity index (χ0n) is 11.4. The number of aliphatic hydroxyl groups is 1. The molecule has 20 heavy (non-hydrogen) atoms. The highest BCUT2D eigenvalue weighted by Crippen LogP contribution is 2.17. The van der Waals surface area contributed by atoms with E-state index < -0.39 is 5.91 Å². The van der Waals surface area contributed by atoms with Gasteiger partial charge in [-0.3, -0.25) is 15.1 Å². The minimum Gasteiger partial charge on any atom is -0.455 e. The Bertz CT molecular complexity index is 427. The Balaban J connectivity index is 1.77. The smallest absolute Gasteiger partial charge is 0.300 e. The first-order chi connectivity index (χ1) is 9.72. The van der Waals surface area contributed by atoms with Gasteiger partial charge in [-0.05, 0) is 25.0 Å². The molecule has 7 heteroatoms. The summed E-state index contributed by atoms with van der Waals surface area (Å²) < 4.78 is 10.9. The average molecular weight is 283 g/mol. The first-order valence-electron chi connectivity index (χ1n) is 6.77. The lowest BCUT2D eigenvalue weighted by molar-refractivity contribution is -0.00994. The third-order valence-corrected chi connectivity index (χ3v) is 3.38. The van der Waals surface area contributed by atoms with Crippen LogP contribution in [0.25, 0.3) is 0 Å². The summed E-state index contributed by atoms with van der Waals surface area (Å²) in [6.07, 6.45) is 2.11. The molecule has 7 nitrogen and oxygen atoms in total. The summed E-state index contributed by atoms with van der Waals surface area (Å²) >= 11 is 0. The number of carbonyl (C=O) groups excluding carboxylic acids is 1. The molecule has 0 atom stereocenters. The molecule has 1 amide bonds. The number of piperidine rings is 1. The van der Waals surface area contributed by atoms with Crippen LogP contribution in [0.2, 0.25) is 0 Å². The molecule has 1 aromatic heterocycles. The molecule has 0 radical (unpaired) electrons. The van der Waals surface area contributed by atoms with Gasteiger partial charge in [-0.25, -0.2) is 5.84 Å². The zero-order valence-corrected chi connectivity index (χ0v) is 11.4. The maximum Gasteiger partial charge on any atom is 0.300 e. The van der Waals surface area contributed by atoms with Crippen LogP contribution in [0.15, 0.2) is 16.5 Å². The van der Waals surface area contributed by atoms with E-state index >= 15 is 0 Å². The highest BCUT2D eigenvalue weighted by atomic mass is 16.5. The summed E-state index contributed by atoms with van der Waals surface area (Å²) in [4.78, 5) is 13.5. The third kappa shape index (κ3) is 4.04. The number of amides is 1. The molecule has 0 saturated carbocycles. The number of hydrogen-bond acceptors (Lipinski definition) is 6.